The zero-order chi connectivity index (χ0) is 20.5. The highest BCUT2D eigenvalue weighted by molar-refractivity contribution is 7.90. The molecule has 0 fully saturated rings. The van der Waals surface area contributed by atoms with Gasteiger partial charge in [0, 0.05) is 17.5 Å². The minimum atomic E-state index is -3.43. The van der Waals surface area contributed by atoms with E-state index in [0.717, 1.165) is 6.26 Å². The van der Waals surface area contributed by atoms with Crippen molar-refractivity contribution in [2.24, 2.45) is 0 Å². The number of sulfone groups is 1. The standard InChI is InChI=1S/C19H14Cl2N2O4S/c1-28(26,27)13-4-5-14(17(21)9-13)19(25)23-11-2-6-16(20)15(8-11)18-7-3-12(24)10-22-18/h2-10,24H,1H3,(H,23,25). The number of aromatic nitrogens is 1. The predicted molar refractivity (Wildman–Crippen MR) is 109 cm³/mol. The summed E-state index contributed by atoms with van der Waals surface area (Å²) in [7, 11) is -3.43. The van der Waals surface area contributed by atoms with Crippen molar-refractivity contribution in [1.82, 2.24) is 4.98 Å². The summed E-state index contributed by atoms with van der Waals surface area (Å²) in [5.41, 5.74) is 1.67. The first-order chi connectivity index (χ1) is 13.1. The lowest BCUT2D eigenvalue weighted by Gasteiger charge is -2.10. The minimum absolute atomic E-state index is 0.0230. The SMILES string of the molecule is CS(=O)(=O)c1ccc(C(=O)Nc2ccc(Cl)c(-c3ccc(O)cn3)c2)c(Cl)c1. The molecular weight excluding hydrogens is 423 g/mol. The quantitative estimate of drug-likeness (QED) is 0.630. The molecule has 0 saturated carbocycles. The zero-order valence-electron chi connectivity index (χ0n) is 14.5. The molecule has 1 heterocycles. The van der Waals surface area contributed by atoms with E-state index < -0.39 is 15.7 Å². The van der Waals surface area contributed by atoms with Gasteiger partial charge in [-0.15, -0.1) is 0 Å². The minimum Gasteiger partial charge on any atom is -0.506 e. The topological polar surface area (TPSA) is 96.4 Å². The number of carbonyl (C=O) groups excluding carboxylic acids is 1. The van der Waals surface area contributed by atoms with Gasteiger partial charge in [0.1, 0.15) is 5.75 Å². The van der Waals surface area contributed by atoms with Crippen molar-refractivity contribution >= 4 is 44.6 Å². The molecule has 3 rings (SSSR count). The summed E-state index contributed by atoms with van der Waals surface area (Å²) >= 11 is 12.3. The largest absolute Gasteiger partial charge is 0.506 e. The van der Waals surface area contributed by atoms with Crippen molar-refractivity contribution in [2.45, 2.75) is 4.90 Å². The molecule has 2 N–H and O–H groups in total. The fraction of sp³-hybridized carbons (Fsp3) is 0.0526. The number of anilines is 1. The number of nitrogens with one attached hydrogen (secondary N) is 1. The first-order valence-corrected chi connectivity index (χ1v) is 10.6. The molecule has 2 aromatic carbocycles. The molecule has 0 spiro atoms. The van der Waals surface area contributed by atoms with Gasteiger partial charge in [-0.25, -0.2) is 8.42 Å². The average Bonchev–Trinajstić information content (AvgIpc) is 2.63. The summed E-state index contributed by atoms with van der Waals surface area (Å²) in [4.78, 5) is 16.7. The van der Waals surface area contributed by atoms with Gasteiger partial charge in [0.05, 0.1) is 32.4 Å². The van der Waals surface area contributed by atoms with Crippen LogP contribution in [0.15, 0.2) is 59.6 Å². The Balaban J connectivity index is 1.89. The van der Waals surface area contributed by atoms with Crippen LogP contribution in [0.1, 0.15) is 10.4 Å². The molecule has 144 valence electrons. The first-order valence-electron chi connectivity index (χ1n) is 7.91. The molecule has 0 saturated heterocycles. The highest BCUT2D eigenvalue weighted by Gasteiger charge is 2.16. The Kier molecular flexibility index (Phi) is 5.60. The van der Waals surface area contributed by atoms with E-state index in [1.807, 2.05) is 0 Å². The van der Waals surface area contributed by atoms with Crippen molar-refractivity contribution in [1.29, 1.82) is 0 Å². The number of aromatic hydroxyl groups is 1. The Hall–Kier alpha value is -2.61. The fourth-order valence-corrected chi connectivity index (χ4v) is 3.65. The summed E-state index contributed by atoms with van der Waals surface area (Å²) in [6.45, 7) is 0. The van der Waals surface area contributed by atoms with E-state index in [0.29, 0.717) is 22.0 Å². The second kappa shape index (κ2) is 7.79. The van der Waals surface area contributed by atoms with Gasteiger partial charge < -0.3 is 10.4 Å². The van der Waals surface area contributed by atoms with Crippen LogP contribution in [-0.4, -0.2) is 30.7 Å². The molecule has 0 aliphatic carbocycles. The molecule has 3 aromatic rings. The van der Waals surface area contributed by atoms with Crippen molar-refractivity contribution in [3.8, 4) is 17.0 Å². The van der Waals surface area contributed by atoms with Gasteiger partial charge in [-0.05, 0) is 48.5 Å². The van der Waals surface area contributed by atoms with Crippen molar-refractivity contribution in [2.75, 3.05) is 11.6 Å². The van der Waals surface area contributed by atoms with Crippen molar-refractivity contribution < 1.29 is 18.3 Å². The van der Waals surface area contributed by atoms with Gasteiger partial charge in [-0.1, -0.05) is 23.2 Å². The van der Waals surface area contributed by atoms with E-state index in [-0.39, 0.29) is 21.2 Å². The number of rotatable bonds is 4. The van der Waals surface area contributed by atoms with E-state index in [4.69, 9.17) is 23.2 Å². The molecule has 0 aliphatic heterocycles. The van der Waals surface area contributed by atoms with Gasteiger partial charge in [-0.2, -0.15) is 0 Å². The molecule has 28 heavy (non-hydrogen) atoms. The molecule has 0 unspecified atom stereocenters. The number of nitrogens with zero attached hydrogens (tertiary/aromatic N) is 1. The van der Waals surface area contributed by atoms with Gasteiger partial charge in [0.2, 0.25) is 0 Å². The van der Waals surface area contributed by atoms with Crippen molar-refractivity contribution in [3.63, 3.8) is 0 Å². The first kappa shape index (κ1) is 20.1. The second-order valence-corrected chi connectivity index (χ2v) is 8.79. The van der Waals surface area contributed by atoms with Crippen LogP contribution in [0.4, 0.5) is 5.69 Å². The number of hydrogen-bond donors (Lipinski definition) is 2. The van der Waals surface area contributed by atoms with Crippen LogP contribution in [-0.2, 0) is 9.84 Å². The lowest BCUT2D eigenvalue weighted by Crippen LogP contribution is -2.13. The molecule has 0 radical (unpaired) electrons. The smallest absolute Gasteiger partial charge is 0.257 e. The summed E-state index contributed by atoms with van der Waals surface area (Å²) < 4.78 is 23.2. The second-order valence-electron chi connectivity index (χ2n) is 5.96. The fourth-order valence-electron chi connectivity index (χ4n) is 2.45. The third-order valence-electron chi connectivity index (χ3n) is 3.86. The van der Waals surface area contributed by atoms with Gasteiger partial charge in [0.15, 0.2) is 9.84 Å². The monoisotopic (exact) mass is 436 g/mol. The van der Waals surface area contributed by atoms with E-state index in [1.54, 1.807) is 24.3 Å². The van der Waals surface area contributed by atoms with Crippen LogP contribution < -0.4 is 5.32 Å². The molecule has 1 aromatic heterocycles. The zero-order valence-corrected chi connectivity index (χ0v) is 16.8. The number of carbonyl (C=O) groups is 1. The lowest BCUT2D eigenvalue weighted by atomic mass is 10.1. The van der Waals surface area contributed by atoms with E-state index in [1.165, 1.54) is 30.5 Å². The maximum atomic E-state index is 12.5. The molecule has 0 atom stereocenters. The lowest BCUT2D eigenvalue weighted by molar-refractivity contribution is 0.102. The van der Waals surface area contributed by atoms with Crippen LogP contribution in [0.25, 0.3) is 11.3 Å². The average molecular weight is 437 g/mol. The molecular formula is C19H14Cl2N2O4S. The Morgan fingerprint density at radius 3 is 2.39 bits per heavy atom. The highest BCUT2D eigenvalue weighted by Crippen LogP contribution is 2.30. The normalized spacial score (nSPS) is 11.2. The summed E-state index contributed by atoms with van der Waals surface area (Å²) in [5.74, 6) is -0.478. The maximum Gasteiger partial charge on any atom is 0.257 e. The third kappa shape index (κ3) is 4.44. The van der Waals surface area contributed by atoms with Crippen LogP contribution in [0, 0.1) is 0 Å². The Morgan fingerprint density at radius 2 is 1.79 bits per heavy atom. The maximum absolute atomic E-state index is 12.5. The Morgan fingerprint density at radius 1 is 1.04 bits per heavy atom. The number of pyridine rings is 1. The highest BCUT2D eigenvalue weighted by atomic mass is 35.5. The Bertz CT molecular complexity index is 1160. The summed E-state index contributed by atoms with van der Waals surface area (Å²) in [5, 5.41) is 12.5. The van der Waals surface area contributed by atoms with Crippen LogP contribution in [0.3, 0.4) is 0 Å². The Labute approximate surface area is 171 Å². The molecule has 1 amide bonds. The predicted octanol–water partition coefficient (Wildman–Crippen LogP) is 4.42. The summed E-state index contributed by atoms with van der Waals surface area (Å²) in [6, 6.07) is 11.8. The molecule has 0 aliphatic rings. The number of halogens is 2. The third-order valence-corrected chi connectivity index (χ3v) is 5.61. The molecule has 9 heteroatoms. The van der Waals surface area contributed by atoms with E-state index in [9.17, 15) is 18.3 Å². The van der Waals surface area contributed by atoms with Crippen LogP contribution >= 0.6 is 23.2 Å². The number of amides is 1. The molecule has 6 nitrogen and oxygen atoms in total. The van der Waals surface area contributed by atoms with E-state index >= 15 is 0 Å². The number of benzene rings is 2. The van der Waals surface area contributed by atoms with Crippen molar-refractivity contribution in [3.05, 3.63) is 70.3 Å². The summed E-state index contributed by atoms with van der Waals surface area (Å²) in [6.07, 6.45) is 2.35. The van der Waals surface area contributed by atoms with Gasteiger partial charge in [-0.3, -0.25) is 9.78 Å². The number of hydrogen-bond acceptors (Lipinski definition) is 5. The van der Waals surface area contributed by atoms with E-state index in [2.05, 4.69) is 10.3 Å². The van der Waals surface area contributed by atoms with Gasteiger partial charge in [0.25, 0.3) is 5.91 Å². The molecule has 0 bridgehead atoms. The van der Waals surface area contributed by atoms with Crippen LogP contribution in [0.5, 0.6) is 5.75 Å². The van der Waals surface area contributed by atoms with Crippen LogP contribution in [0.2, 0.25) is 10.0 Å². The van der Waals surface area contributed by atoms with Gasteiger partial charge >= 0.3 is 0 Å².